The number of hydrogen-bond acceptors (Lipinski definition) is 5. The Morgan fingerprint density at radius 1 is 1.47 bits per heavy atom. The Balaban J connectivity index is 2.14. The molecule has 0 aromatic carbocycles. The van der Waals surface area contributed by atoms with Crippen molar-refractivity contribution >= 4 is 19.9 Å². The molecule has 2 rings (SSSR count). The second-order valence-corrected chi connectivity index (χ2v) is 8.86. The van der Waals surface area contributed by atoms with Crippen LogP contribution in [0.1, 0.15) is 26.3 Å². The molecule has 7 nitrogen and oxygen atoms in total. The third kappa shape index (κ3) is 3.34. The van der Waals surface area contributed by atoms with Gasteiger partial charge in [-0.1, -0.05) is 0 Å². The summed E-state index contributed by atoms with van der Waals surface area (Å²) in [5.74, 6) is -0.113. The van der Waals surface area contributed by atoms with E-state index in [4.69, 9.17) is 0 Å². The molecule has 0 bridgehead atoms. The maximum absolute atomic E-state index is 12.1. The van der Waals surface area contributed by atoms with E-state index in [0.717, 1.165) is 0 Å². The van der Waals surface area contributed by atoms with E-state index in [1.807, 2.05) is 13.8 Å². The van der Waals surface area contributed by atoms with Gasteiger partial charge in [0.25, 0.3) is 10.0 Å². The van der Waals surface area contributed by atoms with Crippen LogP contribution in [0, 0.1) is 0 Å². The zero-order valence-electron chi connectivity index (χ0n) is 10.8. The molecule has 108 valence electrons. The number of sulfonamides is 1. The summed E-state index contributed by atoms with van der Waals surface area (Å²) in [6.45, 7) is 3.82. The molecule has 1 aliphatic rings. The fourth-order valence-corrected chi connectivity index (χ4v) is 4.89. The van der Waals surface area contributed by atoms with Crippen molar-refractivity contribution in [2.45, 2.75) is 37.4 Å². The van der Waals surface area contributed by atoms with E-state index in [2.05, 4.69) is 9.71 Å². The van der Waals surface area contributed by atoms with Crippen molar-refractivity contribution in [1.82, 2.24) is 14.3 Å². The molecule has 19 heavy (non-hydrogen) atoms. The van der Waals surface area contributed by atoms with Crippen molar-refractivity contribution in [3.8, 4) is 0 Å². The van der Waals surface area contributed by atoms with Crippen LogP contribution in [-0.2, 0) is 19.9 Å². The first-order valence-electron chi connectivity index (χ1n) is 5.96. The van der Waals surface area contributed by atoms with Crippen LogP contribution in [0.3, 0.4) is 0 Å². The van der Waals surface area contributed by atoms with Crippen LogP contribution in [0.15, 0.2) is 17.6 Å². The zero-order chi connectivity index (χ0) is 14.3. The largest absolute Gasteiger partial charge is 0.334 e. The van der Waals surface area contributed by atoms with Gasteiger partial charge in [-0.25, -0.2) is 26.5 Å². The van der Waals surface area contributed by atoms with E-state index in [9.17, 15) is 16.8 Å². The molecule has 1 unspecified atom stereocenters. The molecule has 1 N–H and O–H groups in total. The summed E-state index contributed by atoms with van der Waals surface area (Å²) in [6.07, 6.45) is 3.20. The molecule has 0 amide bonds. The maximum Gasteiger partial charge on any atom is 0.259 e. The molecule has 0 radical (unpaired) electrons. The summed E-state index contributed by atoms with van der Waals surface area (Å²) in [4.78, 5) is 3.85. The molecule has 1 fully saturated rings. The first-order valence-corrected chi connectivity index (χ1v) is 9.26. The predicted octanol–water partition coefficient (Wildman–Crippen LogP) is -0.0706. The van der Waals surface area contributed by atoms with E-state index in [0.29, 0.717) is 6.42 Å². The molecule has 1 aromatic heterocycles. The summed E-state index contributed by atoms with van der Waals surface area (Å²) in [5.41, 5.74) is 0. The lowest BCUT2D eigenvalue weighted by molar-refractivity contribution is 0.558. The van der Waals surface area contributed by atoms with Gasteiger partial charge in [-0.05, 0) is 20.3 Å². The molecule has 1 saturated heterocycles. The highest BCUT2D eigenvalue weighted by Crippen LogP contribution is 2.15. The van der Waals surface area contributed by atoms with Crippen molar-refractivity contribution in [3.05, 3.63) is 12.5 Å². The molecular weight excluding hydrogens is 290 g/mol. The van der Waals surface area contributed by atoms with Crippen LogP contribution in [0.5, 0.6) is 0 Å². The summed E-state index contributed by atoms with van der Waals surface area (Å²) in [6, 6.07) is -0.442. The van der Waals surface area contributed by atoms with Crippen molar-refractivity contribution in [1.29, 1.82) is 0 Å². The molecule has 0 saturated carbocycles. The van der Waals surface area contributed by atoms with Gasteiger partial charge in [0.15, 0.2) is 14.9 Å². The SMILES string of the molecule is CC(C)n1cnc(S(=O)(=O)NC2CCS(=O)(=O)C2)c1. The first-order chi connectivity index (χ1) is 8.70. The minimum Gasteiger partial charge on any atom is -0.334 e. The highest BCUT2D eigenvalue weighted by molar-refractivity contribution is 7.92. The molecule has 2 heterocycles. The average Bonchev–Trinajstić information content (AvgIpc) is 2.84. The third-order valence-corrected chi connectivity index (χ3v) is 6.18. The van der Waals surface area contributed by atoms with Gasteiger partial charge in [0.1, 0.15) is 0 Å². The Labute approximate surface area is 113 Å². The quantitative estimate of drug-likeness (QED) is 0.839. The van der Waals surface area contributed by atoms with Gasteiger partial charge < -0.3 is 4.57 Å². The van der Waals surface area contributed by atoms with Crippen molar-refractivity contribution in [2.24, 2.45) is 0 Å². The summed E-state index contributed by atoms with van der Waals surface area (Å²) in [7, 11) is -6.86. The standard InChI is InChI=1S/C10H17N3O4S2/c1-8(2)13-5-10(11-7-13)19(16,17)12-9-3-4-18(14,15)6-9/h5,7-9,12H,3-4,6H2,1-2H3. The molecule has 0 aliphatic carbocycles. The summed E-state index contributed by atoms with van der Waals surface area (Å²) in [5, 5.41) is -0.0782. The lowest BCUT2D eigenvalue weighted by Crippen LogP contribution is -2.35. The van der Waals surface area contributed by atoms with Gasteiger partial charge in [-0.15, -0.1) is 0 Å². The Kier molecular flexibility index (Phi) is 3.72. The number of hydrogen-bond donors (Lipinski definition) is 1. The molecular formula is C10H17N3O4S2. The van der Waals surface area contributed by atoms with E-state index in [1.165, 1.54) is 12.5 Å². The van der Waals surface area contributed by atoms with Crippen LogP contribution >= 0.6 is 0 Å². The third-order valence-electron chi connectivity index (χ3n) is 3.00. The minimum absolute atomic E-state index is 0.0284. The van der Waals surface area contributed by atoms with Crippen molar-refractivity contribution in [2.75, 3.05) is 11.5 Å². The highest BCUT2D eigenvalue weighted by atomic mass is 32.2. The Morgan fingerprint density at radius 3 is 2.63 bits per heavy atom. The Bertz CT molecular complexity index is 661. The summed E-state index contributed by atoms with van der Waals surface area (Å²) < 4.78 is 50.8. The van der Waals surface area contributed by atoms with Crippen molar-refractivity contribution < 1.29 is 16.8 Å². The van der Waals surface area contributed by atoms with Crippen LogP contribution in [0.25, 0.3) is 0 Å². The van der Waals surface area contributed by atoms with Gasteiger partial charge >= 0.3 is 0 Å². The second kappa shape index (κ2) is 4.88. The van der Waals surface area contributed by atoms with E-state index in [1.54, 1.807) is 4.57 Å². The maximum atomic E-state index is 12.1. The topological polar surface area (TPSA) is 98.1 Å². The lowest BCUT2D eigenvalue weighted by atomic mass is 10.3. The number of nitrogens with zero attached hydrogens (tertiary/aromatic N) is 2. The Morgan fingerprint density at radius 2 is 2.16 bits per heavy atom. The van der Waals surface area contributed by atoms with Gasteiger partial charge in [0, 0.05) is 18.3 Å². The molecule has 1 aromatic rings. The van der Waals surface area contributed by atoms with Crippen LogP contribution in [0.2, 0.25) is 0 Å². The van der Waals surface area contributed by atoms with Gasteiger partial charge in [-0.3, -0.25) is 0 Å². The number of sulfone groups is 1. The Hall–Kier alpha value is -0.930. The lowest BCUT2D eigenvalue weighted by Gasteiger charge is -2.09. The van der Waals surface area contributed by atoms with E-state index >= 15 is 0 Å². The van der Waals surface area contributed by atoms with E-state index < -0.39 is 25.9 Å². The fourth-order valence-electron chi connectivity index (χ4n) is 1.91. The van der Waals surface area contributed by atoms with Gasteiger partial charge in [0.05, 0.1) is 17.8 Å². The van der Waals surface area contributed by atoms with Gasteiger partial charge in [-0.2, -0.15) is 0 Å². The normalized spacial score (nSPS) is 23.0. The van der Waals surface area contributed by atoms with E-state index in [-0.39, 0.29) is 22.6 Å². The highest BCUT2D eigenvalue weighted by Gasteiger charge is 2.32. The fraction of sp³-hybridized carbons (Fsp3) is 0.700. The molecule has 9 heteroatoms. The molecule has 1 aliphatic heterocycles. The molecule has 1 atom stereocenters. The summed E-state index contributed by atoms with van der Waals surface area (Å²) >= 11 is 0. The smallest absolute Gasteiger partial charge is 0.259 e. The van der Waals surface area contributed by atoms with Gasteiger partial charge in [0.2, 0.25) is 0 Å². The predicted molar refractivity (Wildman–Crippen MR) is 70.0 cm³/mol. The monoisotopic (exact) mass is 307 g/mol. The van der Waals surface area contributed by atoms with Crippen molar-refractivity contribution in [3.63, 3.8) is 0 Å². The second-order valence-electron chi connectivity index (χ2n) is 4.97. The van der Waals surface area contributed by atoms with Crippen LogP contribution < -0.4 is 4.72 Å². The number of nitrogens with one attached hydrogen (secondary N) is 1. The molecule has 0 spiro atoms. The minimum atomic E-state index is -3.75. The van der Waals surface area contributed by atoms with Crippen LogP contribution in [-0.4, -0.2) is 43.9 Å². The van der Waals surface area contributed by atoms with Crippen LogP contribution in [0.4, 0.5) is 0 Å². The zero-order valence-corrected chi connectivity index (χ0v) is 12.4. The number of rotatable bonds is 4. The first kappa shape index (κ1) is 14.5. The average molecular weight is 307 g/mol. The number of aromatic nitrogens is 2. The number of imidazole rings is 1.